The number of ether oxygens (including phenoxy) is 1. The number of esters is 1. The van der Waals surface area contributed by atoms with Crippen molar-refractivity contribution in [3.63, 3.8) is 0 Å². The lowest BCUT2D eigenvalue weighted by Crippen LogP contribution is -2.18. The molecule has 0 aromatic rings. The maximum Gasteiger partial charge on any atom is 0.320 e. The van der Waals surface area contributed by atoms with Gasteiger partial charge in [-0.25, -0.2) is 5.09 Å². The second kappa shape index (κ2) is 4.19. The quantitative estimate of drug-likeness (QED) is 0.559. The van der Waals surface area contributed by atoms with Crippen LogP contribution in [-0.2, 0) is 14.1 Å². The standard InChI is InChI=1S/C3H6Cl2NO3P/c1-9-3(7)2-6-10(4,5)8/h2H2,1H3,(H,6,8). The van der Waals surface area contributed by atoms with Gasteiger partial charge in [0.05, 0.1) is 7.11 Å². The smallest absolute Gasteiger partial charge is 0.320 e. The first-order chi connectivity index (χ1) is 4.45. The number of halogens is 2. The van der Waals surface area contributed by atoms with Crippen molar-refractivity contribution >= 4 is 34.4 Å². The number of methoxy groups -OCH3 is 1. The molecule has 60 valence electrons. The molecule has 0 rings (SSSR count). The monoisotopic (exact) mass is 205 g/mol. The first-order valence-corrected chi connectivity index (χ1v) is 5.78. The Bertz CT molecular complexity index is 167. The minimum absolute atomic E-state index is 0.249. The van der Waals surface area contributed by atoms with Gasteiger partial charge in [-0.3, -0.25) is 9.36 Å². The Morgan fingerprint density at radius 1 is 1.70 bits per heavy atom. The fourth-order valence-corrected chi connectivity index (χ4v) is 0.900. The van der Waals surface area contributed by atoms with E-state index < -0.39 is 12.0 Å². The Kier molecular flexibility index (Phi) is 4.29. The summed E-state index contributed by atoms with van der Waals surface area (Å²) in [7, 11) is 1.21. The first-order valence-electron chi connectivity index (χ1n) is 2.27. The van der Waals surface area contributed by atoms with Crippen LogP contribution in [0.5, 0.6) is 0 Å². The van der Waals surface area contributed by atoms with E-state index in [1.165, 1.54) is 7.11 Å². The summed E-state index contributed by atoms with van der Waals surface area (Å²) in [4.78, 5) is 10.3. The van der Waals surface area contributed by atoms with Gasteiger partial charge in [-0.2, -0.15) is 0 Å². The molecule has 10 heavy (non-hydrogen) atoms. The zero-order valence-electron chi connectivity index (χ0n) is 5.13. The predicted octanol–water partition coefficient (Wildman–Crippen LogP) is 1.33. The zero-order valence-corrected chi connectivity index (χ0v) is 7.54. The highest BCUT2D eigenvalue weighted by Crippen LogP contribution is 2.51. The number of carbonyl (C=O) groups is 1. The van der Waals surface area contributed by atoms with Gasteiger partial charge < -0.3 is 4.74 Å². The van der Waals surface area contributed by atoms with E-state index in [-0.39, 0.29) is 6.54 Å². The van der Waals surface area contributed by atoms with Crippen LogP contribution >= 0.6 is 28.5 Å². The number of hydrogen-bond acceptors (Lipinski definition) is 3. The molecule has 0 aliphatic heterocycles. The van der Waals surface area contributed by atoms with E-state index in [1.807, 2.05) is 0 Å². The molecule has 0 aromatic carbocycles. The minimum Gasteiger partial charge on any atom is -0.468 e. The highest BCUT2D eigenvalue weighted by Gasteiger charge is 2.13. The van der Waals surface area contributed by atoms with Gasteiger partial charge in [0, 0.05) is 0 Å². The molecule has 0 bridgehead atoms. The molecule has 0 heterocycles. The van der Waals surface area contributed by atoms with Crippen molar-refractivity contribution in [1.29, 1.82) is 0 Å². The van der Waals surface area contributed by atoms with Gasteiger partial charge in [-0.15, -0.1) is 0 Å². The topological polar surface area (TPSA) is 55.4 Å². The third-order valence-corrected chi connectivity index (χ3v) is 1.88. The molecule has 0 spiro atoms. The van der Waals surface area contributed by atoms with Gasteiger partial charge in [0.15, 0.2) is 0 Å². The molecule has 0 unspecified atom stereocenters. The lowest BCUT2D eigenvalue weighted by Gasteiger charge is -2.01. The van der Waals surface area contributed by atoms with Gasteiger partial charge in [-0.05, 0) is 22.5 Å². The SMILES string of the molecule is COC(=O)CNP(=O)(Cl)Cl. The van der Waals surface area contributed by atoms with Crippen molar-refractivity contribution in [2.24, 2.45) is 0 Å². The van der Waals surface area contributed by atoms with Crippen LogP contribution in [0.25, 0.3) is 0 Å². The van der Waals surface area contributed by atoms with E-state index in [0.29, 0.717) is 0 Å². The van der Waals surface area contributed by atoms with E-state index >= 15 is 0 Å². The lowest BCUT2D eigenvalue weighted by molar-refractivity contribution is -0.139. The first kappa shape index (κ1) is 10.2. The molecule has 0 amide bonds. The lowest BCUT2D eigenvalue weighted by atomic mass is 10.7. The van der Waals surface area contributed by atoms with Crippen LogP contribution in [-0.4, -0.2) is 19.6 Å². The van der Waals surface area contributed by atoms with E-state index in [4.69, 9.17) is 22.5 Å². The molecule has 0 aliphatic rings. The Morgan fingerprint density at radius 3 is 2.50 bits per heavy atom. The molecule has 4 nitrogen and oxygen atoms in total. The summed E-state index contributed by atoms with van der Waals surface area (Å²) >= 11 is 10.1. The molecule has 0 radical (unpaired) electrons. The zero-order chi connectivity index (χ0) is 8.20. The Labute approximate surface area is 67.8 Å². The van der Waals surface area contributed by atoms with Crippen LogP contribution in [0.4, 0.5) is 0 Å². The fraction of sp³-hybridized carbons (Fsp3) is 0.667. The van der Waals surface area contributed by atoms with Crippen LogP contribution in [0.2, 0.25) is 0 Å². The molecule has 0 saturated carbocycles. The largest absolute Gasteiger partial charge is 0.468 e. The van der Waals surface area contributed by atoms with Crippen LogP contribution in [0.3, 0.4) is 0 Å². The van der Waals surface area contributed by atoms with E-state index in [1.54, 1.807) is 0 Å². The maximum absolute atomic E-state index is 10.4. The van der Waals surface area contributed by atoms with Gasteiger partial charge in [0.25, 0.3) is 0 Å². The summed E-state index contributed by atoms with van der Waals surface area (Å²) < 4.78 is 14.7. The van der Waals surface area contributed by atoms with Crippen LogP contribution < -0.4 is 5.09 Å². The number of nitrogens with one attached hydrogen (secondary N) is 1. The predicted molar refractivity (Wildman–Crippen MR) is 39.3 cm³/mol. The normalized spacial score (nSPS) is 11.1. The van der Waals surface area contributed by atoms with Crippen LogP contribution in [0.1, 0.15) is 0 Å². The summed E-state index contributed by atoms with van der Waals surface area (Å²) in [5.74, 6) is -3.91. The molecular weight excluding hydrogens is 200 g/mol. The highest BCUT2D eigenvalue weighted by molar-refractivity contribution is 8.07. The summed E-state index contributed by atoms with van der Waals surface area (Å²) in [5.41, 5.74) is 0. The summed E-state index contributed by atoms with van der Waals surface area (Å²) in [6.45, 7) is -0.249. The molecule has 0 saturated heterocycles. The average Bonchev–Trinajstić information content (AvgIpc) is 1.81. The van der Waals surface area contributed by atoms with Crippen molar-refractivity contribution in [3.05, 3.63) is 0 Å². The van der Waals surface area contributed by atoms with Crippen molar-refractivity contribution in [3.8, 4) is 0 Å². The van der Waals surface area contributed by atoms with Crippen LogP contribution in [0, 0.1) is 0 Å². The second-order valence-electron chi connectivity index (χ2n) is 1.37. The molecule has 0 aromatic heterocycles. The summed E-state index contributed by atoms with van der Waals surface area (Å²) in [6.07, 6.45) is 0. The molecule has 1 N–H and O–H groups in total. The van der Waals surface area contributed by atoms with Gasteiger partial charge in [0.2, 0.25) is 0 Å². The van der Waals surface area contributed by atoms with Crippen molar-refractivity contribution in [2.75, 3.05) is 13.7 Å². The van der Waals surface area contributed by atoms with Crippen molar-refractivity contribution in [1.82, 2.24) is 5.09 Å². The molecule has 0 atom stereocenters. The van der Waals surface area contributed by atoms with Crippen LogP contribution in [0.15, 0.2) is 0 Å². The highest BCUT2D eigenvalue weighted by atomic mass is 35.9. The third kappa shape index (κ3) is 6.36. The summed E-state index contributed by atoms with van der Waals surface area (Å²) in [5, 5.41) is 2.08. The number of rotatable bonds is 3. The van der Waals surface area contributed by atoms with Crippen molar-refractivity contribution in [2.45, 2.75) is 0 Å². The molecule has 0 fully saturated rings. The van der Waals surface area contributed by atoms with E-state index in [9.17, 15) is 9.36 Å². The second-order valence-corrected chi connectivity index (χ2v) is 5.99. The van der Waals surface area contributed by atoms with Crippen molar-refractivity contribution < 1.29 is 14.1 Å². The van der Waals surface area contributed by atoms with E-state index in [2.05, 4.69) is 9.82 Å². The third-order valence-electron chi connectivity index (χ3n) is 0.635. The van der Waals surface area contributed by atoms with Gasteiger partial charge in [-0.1, -0.05) is 0 Å². The van der Waals surface area contributed by atoms with Gasteiger partial charge >= 0.3 is 12.0 Å². The number of carbonyl (C=O) groups excluding carboxylic acids is 1. The number of hydrogen-bond donors (Lipinski definition) is 1. The molecular formula is C3H6Cl2NO3P. The summed E-state index contributed by atoms with van der Waals surface area (Å²) in [6, 6.07) is 0. The Morgan fingerprint density at radius 2 is 2.20 bits per heavy atom. The van der Waals surface area contributed by atoms with E-state index in [0.717, 1.165) is 0 Å². The Hall–Kier alpha value is 0.240. The Balaban J connectivity index is 3.56. The maximum atomic E-state index is 10.4. The fourth-order valence-electron chi connectivity index (χ4n) is 0.229. The molecule has 0 aliphatic carbocycles. The van der Waals surface area contributed by atoms with Gasteiger partial charge in [0.1, 0.15) is 6.54 Å². The molecule has 7 heteroatoms. The average molecular weight is 206 g/mol. The minimum atomic E-state index is -3.34.